The van der Waals surface area contributed by atoms with E-state index in [1.165, 1.54) is 0 Å². The van der Waals surface area contributed by atoms with Crippen LogP contribution in [-0.2, 0) is 23.8 Å². The van der Waals surface area contributed by atoms with Crippen molar-refractivity contribution in [2.24, 2.45) is 0 Å². The third-order valence-corrected chi connectivity index (χ3v) is 4.51. The van der Waals surface area contributed by atoms with Gasteiger partial charge in [0.2, 0.25) is 11.9 Å². The second-order valence-electron chi connectivity index (χ2n) is 6.10. The minimum atomic E-state index is -1.36. The van der Waals surface area contributed by atoms with Gasteiger partial charge in [0.25, 0.3) is 0 Å². The molecule has 1 fully saturated rings. The highest BCUT2D eigenvalue weighted by atomic mass is 16.7. The van der Waals surface area contributed by atoms with Crippen molar-refractivity contribution >= 4 is 11.8 Å². The molecule has 2 heterocycles. The Labute approximate surface area is 141 Å². The van der Waals surface area contributed by atoms with Crippen LogP contribution in [0.2, 0.25) is 0 Å². The van der Waals surface area contributed by atoms with Crippen molar-refractivity contribution in [3.05, 3.63) is 29.3 Å². The number of hydrogen-bond acceptors (Lipinski definition) is 6. The summed E-state index contributed by atoms with van der Waals surface area (Å²) in [5.74, 6) is -0.376. The molecule has 6 heteroatoms. The average Bonchev–Trinajstić information content (AvgIpc) is 2.60. The molecule has 24 heavy (non-hydrogen) atoms. The zero-order valence-corrected chi connectivity index (χ0v) is 14.2. The number of benzene rings is 1. The Balaban J connectivity index is 2.01. The highest BCUT2D eigenvalue weighted by Gasteiger charge is 2.58. The molecule has 0 bridgehead atoms. The van der Waals surface area contributed by atoms with Gasteiger partial charge >= 0.3 is 5.97 Å². The van der Waals surface area contributed by atoms with Crippen LogP contribution in [0.25, 0.3) is 0 Å². The Morgan fingerprint density at radius 2 is 2.12 bits per heavy atom. The number of aryl methyl sites for hydroxylation is 1. The molecule has 0 saturated carbocycles. The van der Waals surface area contributed by atoms with Crippen molar-refractivity contribution in [2.75, 3.05) is 19.8 Å². The highest BCUT2D eigenvalue weighted by molar-refractivity contribution is 5.85. The van der Waals surface area contributed by atoms with Crippen LogP contribution in [0.3, 0.4) is 0 Å². The van der Waals surface area contributed by atoms with Crippen LogP contribution in [0.5, 0.6) is 5.75 Å². The van der Waals surface area contributed by atoms with Gasteiger partial charge in [-0.15, -0.1) is 0 Å². The molecule has 1 saturated heterocycles. The van der Waals surface area contributed by atoms with E-state index in [9.17, 15) is 9.59 Å². The first-order valence-electron chi connectivity index (χ1n) is 8.24. The molecule has 0 spiro atoms. The molecule has 0 aromatic heterocycles. The predicted octanol–water partition coefficient (Wildman–Crippen LogP) is 2.12. The van der Waals surface area contributed by atoms with E-state index < -0.39 is 17.9 Å². The van der Waals surface area contributed by atoms with Gasteiger partial charge < -0.3 is 18.9 Å². The number of hydrogen-bond donors (Lipinski definition) is 0. The topological polar surface area (TPSA) is 71.1 Å². The normalized spacial score (nSPS) is 28.3. The average molecular weight is 334 g/mol. The van der Waals surface area contributed by atoms with Crippen molar-refractivity contribution in [1.29, 1.82) is 0 Å². The van der Waals surface area contributed by atoms with Crippen LogP contribution in [-0.4, -0.2) is 43.5 Å². The first-order chi connectivity index (χ1) is 11.5. The maximum Gasteiger partial charge on any atom is 0.342 e. The van der Waals surface area contributed by atoms with Crippen LogP contribution >= 0.6 is 0 Å². The fourth-order valence-corrected chi connectivity index (χ4v) is 3.17. The van der Waals surface area contributed by atoms with E-state index in [1.807, 2.05) is 25.1 Å². The smallest absolute Gasteiger partial charge is 0.342 e. The predicted molar refractivity (Wildman–Crippen MR) is 84.9 cm³/mol. The van der Waals surface area contributed by atoms with Gasteiger partial charge in [-0.05, 0) is 25.5 Å². The molecule has 3 unspecified atom stereocenters. The zero-order valence-electron chi connectivity index (χ0n) is 14.2. The zero-order chi connectivity index (χ0) is 17.3. The summed E-state index contributed by atoms with van der Waals surface area (Å²) in [5, 5.41) is 0. The molecular formula is C18H22O6. The third kappa shape index (κ3) is 2.70. The molecule has 2 aliphatic rings. The summed E-state index contributed by atoms with van der Waals surface area (Å²) in [6.45, 7) is 5.87. The van der Waals surface area contributed by atoms with Crippen LogP contribution in [0.1, 0.15) is 37.3 Å². The Morgan fingerprint density at radius 3 is 2.83 bits per heavy atom. The van der Waals surface area contributed by atoms with Gasteiger partial charge in [0.1, 0.15) is 12.4 Å². The lowest BCUT2D eigenvalue weighted by atomic mass is 9.79. The molecule has 6 nitrogen and oxygen atoms in total. The van der Waals surface area contributed by atoms with E-state index in [4.69, 9.17) is 18.9 Å². The Bertz CT molecular complexity index is 655. The lowest BCUT2D eigenvalue weighted by molar-refractivity contribution is -0.268. The number of ether oxygens (including phenoxy) is 4. The molecule has 0 aliphatic carbocycles. The summed E-state index contributed by atoms with van der Waals surface area (Å²) in [4.78, 5) is 24.7. The van der Waals surface area contributed by atoms with E-state index in [2.05, 4.69) is 0 Å². The van der Waals surface area contributed by atoms with E-state index >= 15 is 0 Å². The second-order valence-corrected chi connectivity index (χ2v) is 6.10. The standard InChI is InChI=1S/C18H22O6/c1-4-14(19)16-22-9-13-12-7-6-11(3)8-15(12)23-10-18(13,24-16)17(20)21-5-2/h6-8,13,16H,4-5,9-10H2,1-3H3. The monoisotopic (exact) mass is 334 g/mol. The van der Waals surface area contributed by atoms with Gasteiger partial charge in [0.15, 0.2) is 5.78 Å². The van der Waals surface area contributed by atoms with Gasteiger partial charge in [-0.3, -0.25) is 4.79 Å². The first kappa shape index (κ1) is 16.9. The summed E-state index contributed by atoms with van der Waals surface area (Å²) in [5.41, 5.74) is 0.544. The fraction of sp³-hybridized carbons (Fsp3) is 0.556. The number of carbonyl (C=O) groups is 2. The molecule has 2 aliphatic heterocycles. The number of Topliss-reactive ketones (excluding diaryl/α,β-unsaturated/α-hetero) is 1. The summed E-state index contributed by atoms with van der Waals surface area (Å²) in [6.07, 6.45) is -0.795. The van der Waals surface area contributed by atoms with Gasteiger partial charge in [-0.1, -0.05) is 19.1 Å². The number of fused-ring (bicyclic) bond motifs is 3. The number of carbonyl (C=O) groups excluding carboxylic acids is 2. The number of esters is 1. The quantitative estimate of drug-likeness (QED) is 0.786. The lowest BCUT2D eigenvalue weighted by Gasteiger charge is -2.46. The maximum atomic E-state index is 12.7. The van der Waals surface area contributed by atoms with Crippen molar-refractivity contribution < 1.29 is 28.5 Å². The molecule has 3 rings (SSSR count). The molecule has 3 atom stereocenters. The molecule has 130 valence electrons. The SMILES string of the molecule is CCOC(=O)C12COc3cc(C)ccc3C1COC(C(=O)CC)O2. The van der Waals surface area contributed by atoms with E-state index in [1.54, 1.807) is 13.8 Å². The minimum Gasteiger partial charge on any atom is -0.490 e. The minimum absolute atomic E-state index is 0.00378. The molecule has 0 N–H and O–H groups in total. The van der Waals surface area contributed by atoms with Crippen LogP contribution in [0, 0.1) is 6.92 Å². The third-order valence-electron chi connectivity index (χ3n) is 4.51. The Morgan fingerprint density at radius 1 is 1.33 bits per heavy atom. The Kier molecular flexibility index (Phi) is 4.60. The summed E-state index contributed by atoms with van der Waals surface area (Å²) >= 11 is 0. The van der Waals surface area contributed by atoms with Gasteiger partial charge in [0.05, 0.1) is 19.1 Å². The van der Waals surface area contributed by atoms with E-state index in [-0.39, 0.29) is 37.9 Å². The van der Waals surface area contributed by atoms with Gasteiger partial charge in [-0.2, -0.15) is 0 Å². The van der Waals surface area contributed by atoms with Gasteiger partial charge in [-0.25, -0.2) is 4.79 Å². The van der Waals surface area contributed by atoms with Gasteiger partial charge in [0, 0.05) is 12.0 Å². The van der Waals surface area contributed by atoms with Crippen LogP contribution in [0.15, 0.2) is 18.2 Å². The van der Waals surface area contributed by atoms with Crippen molar-refractivity contribution in [1.82, 2.24) is 0 Å². The summed E-state index contributed by atoms with van der Waals surface area (Å²) < 4.78 is 22.5. The summed E-state index contributed by atoms with van der Waals surface area (Å²) in [6, 6.07) is 5.79. The second kappa shape index (κ2) is 6.53. The highest BCUT2D eigenvalue weighted by Crippen LogP contribution is 2.46. The van der Waals surface area contributed by atoms with Crippen molar-refractivity contribution in [2.45, 2.75) is 45.0 Å². The molecule has 0 amide bonds. The van der Waals surface area contributed by atoms with Crippen molar-refractivity contribution in [3.63, 3.8) is 0 Å². The first-order valence-corrected chi connectivity index (χ1v) is 8.24. The molecular weight excluding hydrogens is 312 g/mol. The van der Waals surface area contributed by atoms with Crippen LogP contribution in [0.4, 0.5) is 0 Å². The maximum absolute atomic E-state index is 12.7. The van der Waals surface area contributed by atoms with Crippen molar-refractivity contribution in [3.8, 4) is 5.75 Å². The number of rotatable bonds is 4. The van der Waals surface area contributed by atoms with Crippen LogP contribution < -0.4 is 4.74 Å². The summed E-state index contributed by atoms with van der Waals surface area (Å²) in [7, 11) is 0. The molecule has 1 aromatic rings. The number of ketones is 1. The molecule has 1 aromatic carbocycles. The lowest BCUT2D eigenvalue weighted by Crippen LogP contribution is -2.61. The largest absolute Gasteiger partial charge is 0.490 e. The molecule has 0 radical (unpaired) electrons. The van der Waals surface area contributed by atoms with E-state index in [0.717, 1.165) is 11.1 Å². The fourth-order valence-electron chi connectivity index (χ4n) is 3.17. The van der Waals surface area contributed by atoms with E-state index in [0.29, 0.717) is 5.75 Å². The Hall–Kier alpha value is -1.92.